The van der Waals surface area contributed by atoms with Gasteiger partial charge >= 0.3 is 0 Å². The largest absolute Gasteiger partial charge is 0.343 e. The van der Waals surface area contributed by atoms with Gasteiger partial charge in [-0.15, -0.1) is 11.3 Å². The Morgan fingerprint density at radius 1 is 1.04 bits per heavy atom. The Balaban J connectivity index is 1.98. The lowest BCUT2D eigenvalue weighted by Gasteiger charge is -2.07. The summed E-state index contributed by atoms with van der Waals surface area (Å²) in [5.41, 5.74) is 3.46. The third-order valence-corrected chi connectivity index (χ3v) is 5.40. The highest BCUT2D eigenvalue weighted by Gasteiger charge is 2.24. The zero-order chi connectivity index (χ0) is 18.8. The van der Waals surface area contributed by atoms with Gasteiger partial charge in [0.05, 0.1) is 11.3 Å². The van der Waals surface area contributed by atoms with E-state index in [4.69, 9.17) is 0 Å². The van der Waals surface area contributed by atoms with E-state index in [1.165, 1.54) is 11.3 Å². The second-order valence-electron chi connectivity index (χ2n) is 6.18. The van der Waals surface area contributed by atoms with Gasteiger partial charge in [0.1, 0.15) is 11.6 Å². The molecule has 0 N–H and O–H groups in total. The topological polar surface area (TPSA) is 45.8 Å². The minimum absolute atomic E-state index is 0.144. The number of ketones is 1. The van der Waals surface area contributed by atoms with E-state index in [9.17, 15) is 10.1 Å². The van der Waals surface area contributed by atoms with E-state index in [1.54, 1.807) is 6.08 Å². The molecule has 4 aromatic rings. The summed E-state index contributed by atoms with van der Waals surface area (Å²) in [7, 11) is 1.95. The summed E-state index contributed by atoms with van der Waals surface area (Å²) in [6.45, 7) is 0. The van der Waals surface area contributed by atoms with Gasteiger partial charge in [0.25, 0.3) is 0 Å². The second-order valence-corrected chi connectivity index (χ2v) is 7.16. The standard InChI is InChI=1S/C23H16N2OS/c1-25-20-12-6-5-11-19(20)21(22(25)16-8-3-2-4-9-16)23(26)17(15-24)14-18-10-7-13-27-18/h2-14H,1H3/b17-14+. The van der Waals surface area contributed by atoms with Crippen molar-refractivity contribution in [2.45, 2.75) is 0 Å². The van der Waals surface area contributed by atoms with Gasteiger partial charge in [-0.1, -0.05) is 54.6 Å². The van der Waals surface area contributed by atoms with Crippen LogP contribution in [0.3, 0.4) is 0 Å². The fourth-order valence-electron chi connectivity index (χ4n) is 3.36. The van der Waals surface area contributed by atoms with Crippen molar-refractivity contribution in [3.63, 3.8) is 0 Å². The minimum atomic E-state index is -0.249. The van der Waals surface area contributed by atoms with Crippen LogP contribution in [0.4, 0.5) is 0 Å². The summed E-state index contributed by atoms with van der Waals surface area (Å²) in [6.07, 6.45) is 1.67. The van der Waals surface area contributed by atoms with E-state index < -0.39 is 0 Å². The Morgan fingerprint density at radius 3 is 2.48 bits per heavy atom. The molecule has 0 amide bonds. The smallest absolute Gasteiger partial charge is 0.206 e. The minimum Gasteiger partial charge on any atom is -0.343 e. The zero-order valence-electron chi connectivity index (χ0n) is 14.7. The number of hydrogen-bond acceptors (Lipinski definition) is 3. The maximum Gasteiger partial charge on any atom is 0.206 e. The van der Waals surface area contributed by atoms with Crippen molar-refractivity contribution in [1.29, 1.82) is 5.26 Å². The Labute approximate surface area is 161 Å². The van der Waals surface area contributed by atoms with Crippen molar-refractivity contribution >= 4 is 34.1 Å². The highest BCUT2D eigenvalue weighted by atomic mass is 32.1. The molecule has 0 aliphatic heterocycles. The summed E-state index contributed by atoms with van der Waals surface area (Å²) in [6, 6.07) is 23.5. The molecule has 2 aromatic heterocycles. The molecule has 130 valence electrons. The number of allylic oxidation sites excluding steroid dienone is 1. The van der Waals surface area contributed by atoms with Gasteiger partial charge in [0, 0.05) is 22.8 Å². The normalized spacial score (nSPS) is 11.5. The molecule has 3 nitrogen and oxygen atoms in total. The lowest BCUT2D eigenvalue weighted by Crippen LogP contribution is -2.04. The molecule has 0 radical (unpaired) electrons. The van der Waals surface area contributed by atoms with Gasteiger partial charge in [-0.25, -0.2) is 0 Å². The van der Waals surface area contributed by atoms with Gasteiger partial charge in [-0.2, -0.15) is 5.26 Å². The van der Waals surface area contributed by atoms with Crippen LogP contribution in [0.2, 0.25) is 0 Å². The molecule has 2 aromatic carbocycles. The Kier molecular flexibility index (Phi) is 4.45. The van der Waals surface area contributed by atoms with Crippen LogP contribution in [0.5, 0.6) is 0 Å². The number of nitriles is 1. The average molecular weight is 368 g/mol. The molecule has 2 heterocycles. The van der Waals surface area contributed by atoms with Crippen molar-refractivity contribution in [3.8, 4) is 17.3 Å². The number of Topliss-reactive ketones (excluding diaryl/α,β-unsaturated/α-hetero) is 1. The number of rotatable bonds is 4. The maximum atomic E-state index is 13.4. The van der Waals surface area contributed by atoms with E-state index in [2.05, 4.69) is 6.07 Å². The fourth-order valence-corrected chi connectivity index (χ4v) is 4.01. The first-order valence-electron chi connectivity index (χ1n) is 8.53. The number of para-hydroxylation sites is 1. The predicted molar refractivity (Wildman–Crippen MR) is 111 cm³/mol. The van der Waals surface area contributed by atoms with Crippen LogP contribution in [-0.2, 0) is 7.05 Å². The third kappa shape index (κ3) is 2.99. The fraction of sp³-hybridized carbons (Fsp3) is 0.0435. The molecule has 0 bridgehead atoms. The Hall–Kier alpha value is -3.42. The van der Waals surface area contributed by atoms with E-state index in [-0.39, 0.29) is 11.4 Å². The van der Waals surface area contributed by atoms with Gasteiger partial charge in [0.2, 0.25) is 5.78 Å². The number of benzene rings is 2. The maximum absolute atomic E-state index is 13.4. The molecular weight excluding hydrogens is 352 g/mol. The van der Waals surface area contributed by atoms with Crippen LogP contribution >= 0.6 is 11.3 Å². The first kappa shape index (κ1) is 17.0. The molecule has 0 saturated carbocycles. The first-order chi connectivity index (χ1) is 13.2. The van der Waals surface area contributed by atoms with Gasteiger partial charge in [-0.3, -0.25) is 4.79 Å². The number of thiophene rings is 1. The molecule has 4 rings (SSSR count). The van der Waals surface area contributed by atoms with Crippen LogP contribution in [0.1, 0.15) is 15.2 Å². The predicted octanol–water partition coefficient (Wildman–Crippen LogP) is 5.70. The monoisotopic (exact) mass is 368 g/mol. The number of aryl methyl sites for hydroxylation is 1. The van der Waals surface area contributed by atoms with E-state index in [0.29, 0.717) is 5.56 Å². The van der Waals surface area contributed by atoms with Crippen molar-refractivity contribution in [3.05, 3.63) is 88.1 Å². The lowest BCUT2D eigenvalue weighted by atomic mass is 9.97. The second kappa shape index (κ2) is 7.06. The van der Waals surface area contributed by atoms with E-state index in [0.717, 1.165) is 27.0 Å². The number of nitrogens with zero attached hydrogens (tertiary/aromatic N) is 2. The lowest BCUT2D eigenvalue weighted by molar-refractivity contribution is 0.104. The zero-order valence-corrected chi connectivity index (χ0v) is 15.5. The Morgan fingerprint density at radius 2 is 1.78 bits per heavy atom. The third-order valence-electron chi connectivity index (χ3n) is 4.58. The number of carbonyl (C=O) groups is 1. The van der Waals surface area contributed by atoms with Crippen LogP contribution in [-0.4, -0.2) is 10.4 Å². The van der Waals surface area contributed by atoms with Crippen LogP contribution in [0, 0.1) is 11.3 Å². The average Bonchev–Trinajstić information content (AvgIpc) is 3.33. The molecule has 27 heavy (non-hydrogen) atoms. The number of carbonyl (C=O) groups excluding carboxylic acids is 1. The van der Waals surface area contributed by atoms with E-state index in [1.807, 2.05) is 83.7 Å². The van der Waals surface area contributed by atoms with Crippen LogP contribution < -0.4 is 0 Å². The quantitative estimate of drug-likeness (QED) is 0.264. The molecular formula is C23H16N2OS. The van der Waals surface area contributed by atoms with Crippen molar-refractivity contribution in [2.24, 2.45) is 7.05 Å². The molecule has 4 heteroatoms. The SMILES string of the molecule is Cn1c(-c2ccccc2)c(C(=O)/C(C#N)=C/c2cccs2)c2ccccc21. The highest BCUT2D eigenvalue weighted by molar-refractivity contribution is 7.10. The molecule has 0 unspecified atom stereocenters. The molecule has 0 saturated heterocycles. The van der Waals surface area contributed by atoms with Crippen molar-refractivity contribution < 1.29 is 4.79 Å². The Bertz CT molecular complexity index is 1190. The summed E-state index contributed by atoms with van der Waals surface area (Å²) in [4.78, 5) is 14.3. The summed E-state index contributed by atoms with van der Waals surface area (Å²) >= 11 is 1.50. The summed E-state index contributed by atoms with van der Waals surface area (Å²) in [5.74, 6) is -0.249. The van der Waals surface area contributed by atoms with Crippen molar-refractivity contribution in [2.75, 3.05) is 0 Å². The van der Waals surface area contributed by atoms with E-state index >= 15 is 0 Å². The van der Waals surface area contributed by atoms with Crippen LogP contribution in [0.25, 0.3) is 28.2 Å². The molecule has 0 fully saturated rings. The molecule has 0 spiro atoms. The first-order valence-corrected chi connectivity index (χ1v) is 9.41. The van der Waals surface area contributed by atoms with Gasteiger partial charge in [0.15, 0.2) is 0 Å². The summed E-state index contributed by atoms with van der Waals surface area (Å²) < 4.78 is 2.03. The summed E-state index contributed by atoms with van der Waals surface area (Å²) in [5, 5.41) is 12.4. The number of aromatic nitrogens is 1. The van der Waals surface area contributed by atoms with Gasteiger partial charge < -0.3 is 4.57 Å². The highest BCUT2D eigenvalue weighted by Crippen LogP contribution is 2.34. The molecule has 0 aliphatic carbocycles. The van der Waals surface area contributed by atoms with Crippen LogP contribution in [0.15, 0.2) is 77.7 Å². The van der Waals surface area contributed by atoms with Crippen molar-refractivity contribution in [1.82, 2.24) is 4.57 Å². The molecule has 0 aliphatic rings. The van der Waals surface area contributed by atoms with Gasteiger partial charge in [-0.05, 0) is 29.2 Å². The molecule has 0 atom stereocenters. The number of hydrogen-bond donors (Lipinski definition) is 0. The number of fused-ring (bicyclic) bond motifs is 1.